The molecule has 0 aromatic heterocycles. The molecule has 4 nitrogen and oxygen atoms in total. The molecule has 0 aromatic rings. The van der Waals surface area contributed by atoms with E-state index >= 15 is 0 Å². The third-order valence-corrected chi connectivity index (χ3v) is 4.57. The van der Waals surface area contributed by atoms with Gasteiger partial charge in [0.1, 0.15) is 6.04 Å². The van der Waals surface area contributed by atoms with E-state index in [4.69, 9.17) is 11.6 Å². The quantitative estimate of drug-likeness (QED) is 0.408. The predicted molar refractivity (Wildman–Crippen MR) is 79.5 cm³/mol. The van der Waals surface area contributed by atoms with Gasteiger partial charge in [0.2, 0.25) is 6.41 Å². The van der Waals surface area contributed by atoms with Crippen LogP contribution in [0.15, 0.2) is 11.1 Å². The minimum absolute atomic E-state index is 0.198. The van der Waals surface area contributed by atoms with Crippen LogP contribution in [0.2, 0.25) is 0 Å². The van der Waals surface area contributed by atoms with Gasteiger partial charge >= 0.3 is 0 Å². The molecule has 1 saturated carbocycles. The van der Waals surface area contributed by atoms with E-state index in [1.807, 2.05) is 6.92 Å². The first-order valence-corrected chi connectivity index (χ1v) is 7.77. The average molecular weight is 309 g/mol. The minimum Gasteiger partial charge on any atom is -0.346 e. The number of hydrogen-bond acceptors (Lipinski definition) is 3. The Labute approximate surface area is 119 Å². The number of halogens is 1. The number of rotatable bonds is 8. The lowest BCUT2D eigenvalue weighted by Gasteiger charge is -2.20. The van der Waals surface area contributed by atoms with Gasteiger partial charge in [-0.15, -0.1) is 9.24 Å². The first kappa shape index (κ1) is 15.8. The Morgan fingerprint density at radius 1 is 1.61 bits per heavy atom. The van der Waals surface area contributed by atoms with Gasteiger partial charge in [0, 0.05) is 15.9 Å². The van der Waals surface area contributed by atoms with E-state index in [-0.39, 0.29) is 11.6 Å². The zero-order chi connectivity index (χ0) is 13.5. The van der Waals surface area contributed by atoms with Crippen molar-refractivity contribution in [1.82, 2.24) is 10.0 Å². The van der Waals surface area contributed by atoms with Crippen molar-refractivity contribution >= 4 is 45.1 Å². The second-order valence-corrected chi connectivity index (χ2v) is 6.45. The van der Waals surface area contributed by atoms with Crippen LogP contribution in [0.25, 0.3) is 0 Å². The van der Waals surface area contributed by atoms with Gasteiger partial charge < -0.3 is 5.32 Å². The van der Waals surface area contributed by atoms with Gasteiger partial charge in [-0.25, -0.2) is 0 Å². The predicted octanol–water partition coefficient (Wildman–Crippen LogP) is 1.80. The Bertz CT molecular complexity index is 337. The maximum Gasteiger partial charge on any atom is 0.253 e. The molecule has 2 N–H and O–H groups in total. The molecule has 7 heteroatoms. The van der Waals surface area contributed by atoms with Crippen LogP contribution in [0.1, 0.15) is 26.2 Å². The van der Waals surface area contributed by atoms with E-state index in [2.05, 4.69) is 19.3 Å². The lowest BCUT2D eigenvalue weighted by atomic mass is 10.1. The molecule has 0 saturated heterocycles. The van der Waals surface area contributed by atoms with Gasteiger partial charge in [-0.05, 0) is 31.2 Å². The molecule has 1 aliphatic carbocycles. The molecule has 3 atom stereocenters. The molecule has 0 bridgehead atoms. The van der Waals surface area contributed by atoms with Crippen LogP contribution in [-0.2, 0) is 9.59 Å². The van der Waals surface area contributed by atoms with Crippen LogP contribution in [0.4, 0.5) is 0 Å². The highest BCUT2D eigenvalue weighted by Crippen LogP contribution is 2.32. The Kier molecular flexibility index (Phi) is 7.05. The Hall–Kier alpha value is -0.250. The number of nitrogens with one attached hydrogen (secondary N) is 2. The number of hydrogen-bond donors (Lipinski definition) is 2. The third kappa shape index (κ3) is 5.59. The van der Waals surface area contributed by atoms with Gasteiger partial charge in [-0.1, -0.05) is 24.6 Å². The molecule has 0 aliphatic heterocycles. The van der Waals surface area contributed by atoms with Crippen molar-refractivity contribution in [2.75, 3.05) is 0 Å². The highest BCUT2D eigenvalue weighted by molar-refractivity contribution is 7.98. The van der Waals surface area contributed by atoms with Gasteiger partial charge in [0.15, 0.2) is 0 Å². The fourth-order valence-corrected chi connectivity index (χ4v) is 2.82. The highest BCUT2D eigenvalue weighted by atomic mass is 35.5. The molecule has 2 amide bonds. The first-order valence-electron chi connectivity index (χ1n) is 5.85. The Morgan fingerprint density at radius 2 is 2.28 bits per heavy atom. The second kappa shape index (κ2) is 8.03. The molecule has 0 aromatic carbocycles. The SMILES string of the molecule is CC/C(Cl)=C/[C@H](P)C(NC=O)C(=O)NSC1CC1. The topological polar surface area (TPSA) is 58.2 Å². The van der Waals surface area contributed by atoms with Crippen LogP contribution in [0, 0.1) is 0 Å². The molecule has 1 aliphatic rings. The molecule has 2 unspecified atom stereocenters. The molecule has 1 rings (SSSR count). The van der Waals surface area contributed by atoms with Gasteiger partial charge in [-0.2, -0.15) is 0 Å². The Morgan fingerprint density at radius 3 is 2.78 bits per heavy atom. The maximum absolute atomic E-state index is 11.9. The van der Waals surface area contributed by atoms with Crippen molar-refractivity contribution in [3.63, 3.8) is 0 Å². The zero-order valence-corrected chi connectivity index (χ0v) is 12.9. The molecule has 102 valence electrons. The smallest absolute Gasteiger partial charge is 0.253 e. The number of carbonyl (C=O) groups is 2. The van der Waals surface area contributed by atoms with E-state index in [1.54, 1.807) is 6.08 Å². The van der Waals surface area contributed by atoms with Crippen molar-refractivity contribution in [3.8, 4) is 0 Å². The van der Waals surface area contributed by atoms with Crippen molar-refractivity contribution in [2.24, 2.45) is 0 Å². The number of amides is 2. The van der Waals surface area contributed by atoms with E-state index in [0.717, 1.165) is 12.8 Å². The molecule has 1 fully saturated rings. The summed E-state index contributed by atoms with van der Waals surface area (Å²) in [7, 11) is 2.53. The summed E-state index contributed by atoms with van der Waals surface area (Å²) in [6, 6.07) is -0.612. The summed E-state index contributed by atoms with van der Waals surface area (Å²) in [5.41, 5.74) is -0.220. The van der Waals surface area contributed by atoms with Gasteiger partial charge in [0.25, 0.3) is 5.91 Å². The van der Waals surface area contributed by atoms with Crippen molar-refractivity contribution in [3.05, 3.63) is 11.1 Å². The van der Waals surface area contributed by atoms with E-state index in [1.165, 1.54) is 11.9 Å². The van der Waals surface area contributed by atoms with Crippen LogP contribution in [0.3, 0.4) is 0 Å². The highest BCUT2D eigenvalue weighted by Gasteiger charge is 2.27. The maximum atomic E-state index is 11.9. The molecule has 0 heterocycles. The summed E-state index contributed by atoms with van der Waals surface area (Å²) < 4.78 is 2.77. The second-order valence-electron chi connectivity index (χ2n) is 4.09. The van der Waals surface area contributed by atoms with Gasteiger partial charge in [-0.3, -0.25) is 14.3 Å². The normalized spacial score (nSPS) is 18.9. The summed E-state index contributed by atoms with van der Waals surface area (Å²) in [6.07, 6.45) is 5.30. The van der Waals surface area contributed by atoms with Crippen LogP contribution >= 0.6 is 32.8 Å². The van der Waals surface area contributed by atoms with Gasteiger partial charge in [0.05, 0.1) is 0 Å². The summed E-state index contributed by atoms with van der Waals surface area (Å²) in [6.45, 7) is 1.93. The fraction of sp³-hybridized carbons (Fsp3) is 0.636. The standard InChI is InChI=1S/C11H18ClN2O2PS/c1-2-7(12)5-9(17)10(13-6-15)11(16)14-18-8-3-4-8/h5-6,8-10H,2-4,17H2,1H3,(H,13,15)(H,14,16)/b7-5-/t9-,10?/m0/s1. The summed E-state index contributed by atoms with van der Waals surface area (Å²) >= 11 is 7.37. The van der Waals surface area contributed by atoms with E-state index < -0.39 is 6.04 Å². The molecule has 0 radical (unpaired) electrons. The number of allylic oxidation sites excluding steroid dienone is 1. The summed E-state index contributed by atoms with van der Waals surface area (Å²) in [4.78, 5) is 22.5. The summed E-state index contributed by atoms with van der Waals surface area (Å²) in [5.74, 6) is -0.198. The third-order valence-electron chi connectivity index (χ3n) is 2.48. The van der Waals surface area contributed by atoms with Crippen molar-refractivity contribution in [1.29, 1.82) is 0 Å². The molecular weight excluding hydrogens is 291 g/mol. The monoisotopic (exact) mass is 308 g/mol. The minimum atomic E-state index is -0.612. The van der Waals surface area contributed by atoms with Crippen molar-refractivity contribution in [2.45, 2.75) is 43.1 Å². The number of carbonyl (C=O) groups excluding carboxylic acids is 2. The van der Waals surface area contributed by atoms with Crippen molar-refractivity contribution < 1.29 is 9.59 Å². The zero-order valence-electron chi connectivity index (χ0n) is 10.2. The summed E-state index contributed by atoms with van der Waals surface area (Å²) in [5, 5.41) is 3.73. The first-order chi connectivity index (χ1) is 8.58. The lowest BCUT2D eigenvalue weighted by Crippen LogP contribution is -2.46. The Balaban J connectivity index is 2.54. The van der Waals surface area contributed by atoms with Crippen LogP contribution in [-0.4, -0.2) is 29.3 Å². The van der Waals surface area contributed by atoms with E-state index in [0.29, 0.717) is 23.1 Å². The fourth-order valence-electron chi connectivity index (χ4n) is 1.25. The largest absolute Gasteiger partial charge is 0.346 e. The average Bonchev–Trinajstić information content (AvgIpc) is 3.16. The molecule has 18 heavy (non-hydrogen) atoms. The van der Waals surface area contributed by atoms with Crippen LogP contribution in [0.5, 0.6) is 0 Å². The lowest BCUT2D eigenvalue weighted by molar-refractivity contribution is -0.123. The molecular formula is C11H18ClN2O2PS. The van der Waals surface area contributed by atoms with E-state index in [9.17, 15) is 9.59 Å². The van der Waals surface area contributed by atoms with Crippen LogP contribution < -0.4 is 10.0 Å². The molecule has 0 spiro atoms.